The number of carbonyl (C=O) groups excluding carboxylic acids is 1. The Morgan fingerprint density at radius 1 is 1.23 bits per heavy atom. The summed E-state index contributed by atoms with van der Waals surface area (Å²) in [6.07, 6.45) is 1.37. The molecule has 0 amide bonds. The molecule has 0 N–H and O–H groups in total. The minimum Gasteiger partial charge on any atom is -0.497 e. The Bertz CT molecular complexity index is 1040. The quantitative estimate of drug-likeness (QED) is 0.647. The number of fused-ring (bicyclic) bond motifs is 1. The van der Waals surface area contributed by atoms with E-state index in [0.717, 1.165) is 6.07 Å². The monoisotopic (exact) mass is 375 g/mol. The zero-order valence-electron chi connectivity index (χ0n) is 14.1. The summed E-state index contributed by atoms with van der Waals surface area (Å²) in [5.74, 6) is -0.857. The number of hydrogen-bond acceptors (Lipinski definition) is 4. The van der Waals surface area contributed by atoms with Gasteiger partial charge in [-0.05, 0) is 43.3 Å². The summed E-state index contributed by atoms with van der Waals surface area (Å²) >= 11 is 5.90. The van der Waals surface area contributed by atoms with Gasteiger partial charge in [0.15, 0.2) is 0 Å². The molecule has 26 heavy (non-hydrogen) atoms. The van der Waals surface area contributed by atoms with E-state index in [0.29, 0.717) is 17.0 Å². The molecule has 0 spiro atoms. The van der Waals surface area contributed by atoms with Gasteiger partial charge in [-0.2, -0.15) is 0 Å². The van der Waals surface area contributed by atoms with Gasteiger partial charge in [-0.15, -0.1) is 0 Å². The third kappa shape index (κ3) is 3.15. The number of hydrogen-bond donors (Lipinski definition) is 0. The van der Waals surface area contributed by atoms with Gasteiger partial charge in [-0.25, -0.2) is 9.18 Å². The first kappa shape index (κ1) is 17.9. The zero-order chi connectivity index (χ0) is 18.8. The summed E-state index contributed by atoms with van der Waals surface area (Å²) < 4.78 is 25.6. The fourth-order valence-corrected chi connectivity index (χ4v) is 2.79. The summed E-state index contributed by atoms with van der Waals surface area (Å²) in [5, 5.41) is -0.0867. The molecule has 2 aromatic carbocycles. The van der Waals surface area contributed by atoms with Crippen molar-refractivity contribution in [2.24, 2.45) is 0 Å². The van der Waals surface area contributed by atoms with Crippen LogP contribution >= 0.6 is 11.6 Å². The fourth-order valence-electron chi connectivity index (χ4n) is 2.63. The highest BCUT2D eigenvalue weighted by atomic mass is 35.5. The van der Waals surface area contributed by atoms with Crippen LogP contribution in [0.2, 0.25) is 5.02 Å². The maximum Gasteiger partial charge on any atom is 0.343 e. The normalized spacial score (nSPS) is 10.8. The Hall–Kier alpha value is -2.86. The number of aromatic nitrogens is 1. The van der Waals surface area contributed by atoms with Gasteiger partial charge in [-0.3, -0.25) is 4.79 Å². The first-order chi connectivity index (χ1) is 12.5. The van der Waals surface area contributed by atoms with Crippen molar-refractivity contribution < 1.29 is 18.7 Å². The van der Waals surface area contributed by atoms with Crippen molar-refractivity contribution in [3.63, 3.8) is 0 Å². The average molecular weight is 376 g/mol. The lowest BCUT2D eigenvalue weighted by atomic mass is 10.1. The average Bonchev–Trinajstić information content (AvgIpc) is 2.64. The molecule has 0 radical (unpaired) electrons. The molecule has 7 heteroatoms. The second-order valence-electron chi connectivity index (χ2n) is 5.44. The van der Waals surface area contributed by atoms with Crippen LogP contribution in [0.5, 0.6) is 5.75 Å². The minimum absolute atomic E-state index is 0.0354. The van der Waals surface area contributed by atoms with Gasteiger partial charge in [0, 0.05) is 17.3 Å². The van der Waals surface area contributed by atoms with Crippen molar-refractivity contribution in [3.8, 4) is 11.4 Å². The molecule has 0 fully saturated rings. The van der Waals surface area contributed by atoms with Crippen LogP contribution < -0.4 is 10.2 Å². The minimum atomic E-state index is -0.767. The molecule has 0 aliphatic rings. The zero-order valence-corrected chi connectivity index (χ0v) is 14.8. The van der Waals surface area contributed by atoms with Crippen molar-refractivity contribution in [1.82, 2.24) is 4.57 Å². The van der Waals surface area contributed by atoms with Crippen LogP contribution in [-0.2, 0) is 4.74 Å². The molecule has 3 aromatic rings. The molecule has 0 saturated heterocycles. The predicted molar refractivity (Wildman–Crippen MR) is 97.0 cm³/mol. The standard InChI is InChI=1S/C19H15ClFNO4/c1-3-26-19(24)14-10-22(11-4-6-12(25-2)7-5-11)17-9-15(20)16(21)8-13(17)18(14)23/h4-10H,3H2,1-2H3. The third-order valence-electron chi connectivity index (χ3n) is 3.89. The smallest absolute Gasteiger partial charge is 0.343 e. The number of ether oxygens (including phenoxy) is 2. The number of halogens is 2. The van der Waals surface area contributed by atoms with Crippen LogP contribution in [0.4, 0.5) is 4.39 Å². The van der Waals surface area contributed by atoms with E-state index in [9.17, 15) is 14.0 Å². The van der Waals surface area contributed by atoms with Crippen LogP contribution in [0, 0.1) is 5.82 Å². The highest BCUT2D eigenvalue weighted by Crippen LogP contribution is 2.25. The van der Waals surface area contributed by atoms with E-state index < -0.39 is 17.2 Å². The van der Waals surface area contributed by atoms with E-state index >= 15 is 0 Å². The molecule has 1 heterocycles. The van der Waals surface area contributed by atoms with Crippen molar-refractivity contribution in [2.45, 2.75) is 6.92 Å². The van der Waals surface area contributed by atoms with E-state index in [2.05, 4.69) is 0 Å². The van der Waals surface area contributed by atoms with E-state index in [1.807, 2.05) is 0 Å². The van der Waals surface area contributed by atoms with Crippen LogP contribution in [0.15, 0.2) is 47.4 Å². The second kappa shape index (κ2) is 7.17. The molecule has 0 aliphatic carbocycles. The lowest BCUT2D eigenvalue weighted by Crippen LogP contribution is -2.20. The van der Waals surface area contributed by atoms with Gasteiger partial charge in [0.25, 0.3) is 0 Å². The molecule has 0 aliphatic heterocycles. The highest BCUT2D eigenvalue weighted by Gasteiger charge is 2.19. The highest BCUT2D eigenvalue weighted by molar-refractivity contribution is 6.31. The van der Waals surface area contributed by atoms with Gasteiger partial charge in [0.05, 0.1) is 24.3 Å². The number of benzene rings is 2. The number of carbonyl (C=O) groups is 1. The first-order valence-corrected chi connectivity index (χ1v) is 8.20. The molecule has 1 aromatic heterocycles. The molecule has 0 unspecified atom stereocenters. The molecule has 134 valence electrons. The topological polar surface area (TPSA) is 57.5 Å². The molecule has 3 rings (SSSR count). The van der Waals surface area contributed by atoms with Crippen LogP contribution in [0.3, 0.4) is 0 Å². The summed E-state index contributed by atoms with van der Waals surface area (Å²) in [4.78, 5) is 24.8. The van der Waals surface area contributed by atoms with Crippen LogP contribution in [0.1, 0.15) is 17.3 Å². The third-order valence-corrected chi connectivity index (χ3v) is 4.18. The number of pyridine rings is 1. The molecule has 0 bridgehead atoms. The molecular formula is C19H15ClFNO4. The maximum atomic E-state index is 13.9. The summed E-state index contributed by atoms with van der Waals surface area (Å²) in [6.45, 7) is 1.76. The number of rotatable bonds is 4. The molecule has 0 saturated carbocycles. The largest absolute Gasteiger partial charge is 0.497 e. The fraction of sp³-hybridized carbons (Fsp3) is 0.158. The Balaban J connectivity index is 2.34. The van der Waals surface area contributed by atoms with Crippen molar-refractivity contribution >= 4 is 28.5 Å². The van der Waals surface area contributed by atoms with Crippen LogP contribution in [0.25, 0.3) is 16.6 Å². The SMILES string of the molecule is CCOC(=O)c1cn(-c2ccc(OC)cc2)c2cc(Cl)c(F)cc2c1=O. The lowest BCUT2D eigenvalue weighted by Gasteiger charge is -2.14. The predicted octanol–water partition coefficient (Wildman–Crippen LogP) is 3.97. The van der Waals surface area contributed by atoms with E-state index in [4.69, 9.17) is 21.1 Å². The Labute approximate surface area is 153 Å². The van der Waals surface area contributed by atoms with Crippen molar-refractivity contribution in [2.75, 3.05) is 13.7 Å². The van der Waals surface area contributed by atoms with Gasteiger partial charge >= 0.3 is 5.97 Å². The van der Waals surface area contributed by atoms with Crippen molar-refractivity contribution in [1.29, 1.82) is 0 Å². The molecular weight excluding hydrogens is 361 g/mol. The number of esters is 1. The summed E-state index contributed by atoms with van der Waals surface area (Å²) in [6, 6.07) is 9.34. The van der Waals surface area contributed by atoms with Crippen molar-refractivity contribution in [3.05, 3.63) is 69.2 Å². The van der Waals surface area contributed by atoms with Gasteiger partial charge in [0.2, 0.25) is 5.43 Å². The van der Waals surface area contributed by atoms with Crippen LogP contribution in [-0.4, -0.2) is 24.3 Å². The van der Waals surface area contributed by atoms with Gasteiger partial charge in [-0.1, -0.05) is 11.6 Å². The first-order valence-electron chi connectivity index (χ1n) is 7.82. The summed E-state index contributed by atoms with van der Waals surface area (Å²) in [5.41, 5.74) is 0.222. The molecule has 5 nitrogen and oxygen atoms in total. The number of methoxy groups -OCH3 is 1. The van der Waals surface area contributed by atoms with Gasteiger partial charge < -0.3 is 14.0 Å². The van der Waals surface area contributed by atoms with E-state index in [1.54, 1.807) is 42.9 Å². The van der Waals surface area contributed by atoms with E-state index in [-0.39, 0.29) is 22.6 Å². The summed E-state index contributed by atoms with van der Waals surface area (Å²) in [7, 11) is 1.55. The maximum absolute atomic E-state index is 13.9. The lowest BCUT2D eigenvalue weighted by molar-refractivity contribution is 0.0524. The Kier molecular flexibility index (Phi) is 4.95. The Morgan fingerprint density at radius 3 is 2.54 bits per heavy atom. The Morgan fingerprint density at radius 2 is 1.92 bits per heavy atom. The molecule has 0 atom stereocenters. The van der Waals surface area contributed by atoms with Gasteiger partial charge in [0.1, 0.15) is 17.1 Å². The second-order valence-corrected chi connectivity index (χ2v) is 5.85. The number of nitrogens with zero attached hydrogens (tertiary/aromatic N) is 1. The van der Waals surface area contributed by atoms with E-state index in [1.165, 1.54) is 12.3 Å².